The Balaban J connectivity index is 2.25. The van der Waals surface area contributed by atoms with Crippen LogP contribution in [-0.4, -0.2) is 11.3 Å². The van der Waals surface area contributed by atoms with Gasteiger partial charge < -0.3 is 4.74 Å². The molecule has 0 bridgehead atoms. The van der Waals surface area contributed by atoms with E-state index >= 15 is 0 Å². The van der Waals surface area contributed by atoms with Crippen LogP contribution in [-0.2, 0) is 9.53 Å². The molecular formula is C8H9ClO2. The van der Waals surface area contributed by atoms with E-state index < -0.39 is 0 Å². The van der Waals surface area contributed by atoms with Crippen molar-refractivity contribution < 1.29 is 9.53 Å². The molecule has 0 aromatic rings. The first-order valence-corrected chi connectivity index (χ1v) is 4.27. The second kappa shape index (κ2) is 2.52. The van der Waals surface area contributed by atoms with E-state index in [1.165, 1.54) is 0 Å². The molecule has 0 amide bonds. The smallest absolute Gasteiger partial charge is 0.176 e. The molecule has 2 rings (SSSR count). The number of halogens is 1. The van der Waals surface area contributed by atoms with E-state index in [1.54, 1.807) is 0 Å². The van der Waals surface area contributed by atoms with E-state index in [-0.39, 0.29) is 11.3 Å². The zero-order chi connectivity index (χ0) is 7.84. The Labute approximate surface area is 70.2 Å². The number of ketones is 1. The summed E-state index contributed by atoms with van der Waals surface area (Å²) >= 11 is 5.74. The molecule has 0 aromatic heterocycles. The van der Waals surface area contributed by atoms with Gasteiger partial charge in [-0.1, -0.05) is 11.6 Å². The lowest BCUT2D eigenvalue weighted by molar-refractivity contribution is -0.116. The Hall–Kier alpha value is -0.500. The number of carbonyl (C=O) groups is 1. The van der Waals surface area contributed by atoms with Crippen molar-refractivity contribution in [3.63, 3.8) is 0 Å². The second-order valence-electron chi connectivity index (χ2n) is 2.91. The third-order valence-corrected chi connectivity index (χ3v) is 2.36. The Morgan fingerprint density at radius 1 is 1.45 bits per heavy atom. The molecule has 0 saturated heterocycles. The summed E-state index contributed by atoms with van der Waals surface area (Å²) in [7, 11) is 0. The zero-order valence-corrected chi connectivity index (χ0v) is 6.86. The molecule has 0 saturated carbocycles. The first-order chi connectivity index (χ1) is 5.27. The van der Waals surface area contributed by atoms with Gasteiger partial charge >= 0.3 is 0 Å². The van der Waals surface area contributed by atoms with Crippen LogP contribution in [0.1, 0.15) is 25.7 Å². The molecule has 1 atom stereocenters. The van der Waals surface area contributed by atoms with E-state index in [2.05, 4.69) is 0 Å². The number of allylic oxidation sites excluding steroid dienone is 1. The average molecular weight is 173 g/mol. The molecular weight excluding hydrogens is 164 g/mol. The zero-order valence-electron chi connectivity index (χ0n) is 6.10. The molecule has 3 heteroatoms. The van der Waals surface area contributed by atoms with E-state index in [0.717, 1.165) is 24.2 Å². The van der Waals surface area contributed by atoms with Crippen LogP contribution in [0.4, 0.5) is 0 Å². The van der Waals surface area contributed by atoms with Crippen molar-refractivity contribution in [1.29, 1.82) is 0 Å². The largest absolute Gasteiger partial charge is 0.478 e. The number of Topliss-reactive ketones (excluding diaryl/α,β-unsaturated/α-hetero) is 1. The third kappa shape index (κ3) is 1.16. The van der Waals surface area contributed by atoms with Crippen molar-refractivity contribution in [2.45, 2.75) is 31.2 Å². The Morgan fingerprint density at radius 3 is 3.00 bits per heavy atom. The SMILES string of the molecule is O=C1CCCC2=C1CC(Cl)O2. The van der Waals surface area contributed by atoms with Gasteiger partial charge in [0.05, 0.1) is 0 Å². The lowest BCUT2D eigenvalue weighted by Gasteiger charge is -2.10. The molecule has 1 aliphatic carbocycles. The van der Waals surface area contributed by atoms with Gasteiger partial charge in [-0.2, -0.15) is 0 Å². The molecule has 2 nitrogen and oxygen atoms in total. The van der Waals surface area contributed by atoms with Gasteiger partial charge in [-0.05, 0) is 6.42 Å². The Kier molecular flexibility index (Phi) is 1.64. The van der Waals surface area contributed by atoms with Crippen molar-refractivity contribution >= 4 is 17.4 Å². The molecule has 2 aliphatic rings. The highest BCUT2D eigenvalue weighted by Gasteiger charge is 2.30. The quantitative estimate of drug-likeness (QED) is 0.523. The highest BCUT2D eigenvalue weighted by Crippen LogP contribution is 2.34. The maximum atomic E-state index is 11.2. The number of hydrogen-bond acceptors (Lipinski definition) is 2. The molecule has 0 spiro atoms. The minimum Gasteiger partial charge on any atom is -0.478 e. The standard InChI is InChI=1S/C8H9ClO2/c9-8-4-5-6(10)2-1-3-7(5)11-8/h8H,1-4H2. The highest BCUT2D eigenvalue weighted by atomic mass is 35.5. The van der Waals surface area contributed by atoms with Crippen LogP contribution in [0, 0.1) is 0 Å². The van der Waals surface area contributed by atoms with Crippen molar-refractivity contribution in [3.05, 3.63) is 11.3 Å². The average Bonchev–Trinajstić information content (AvgIpc) is 2.31. The number of alkyl halides is 1. The molecule has 1 heterocycles. The van der Waals surface area contributed by atoms with E-state index in [0.29, 0.717) is 12.8 Å². The molecule has 0 fully saturated rings. The van der Waals surface area contributed by atoms with E-state index in [9.17, 15) is 4.79 Å². The number of ether oxygens (including phenoxy) is 1. The fourth-order valence-corrected chi connectivity index (χ4v) is 1.84. The predicted molar refractivity (Wildman–Crippen MR) is 41.2 cm³/mol. The Morgan fingerprint density at radius 2 is 2.27 bits per heavy atom. The minimum atomic E-state index is -0.290. The van der Waals surface area contributed by atoms with Crippen LogP contribution in [0.25, 0.3) is 0 Å². The van der Waals surface area contributed by atoms with Crippen molar-refractivity contribution in [3.8, 4) is 0 Å². The van der Waals surface area contributed by atoms with Gasteiger partial charge in [-0.3, -0.25) is 4.79 Å². The third-order valence-electron chi connectivity index (χ3n) is 2.12. The van der Waals surface area contributed by atoms with Crippen LogP contribution in [0.15, 0.2) is 11.3 Å². The topological polar surface area (TPSA) is 26.3 Å². The number of hydrogen-bond donors (Lipinski definition) is 0. The van der Waals surface area contributed by atoms with Gasteiger partial charge in [0.15, 0.2) is 11.3 Å². The monoisotopic (exact) mass is 172 g/mol. The van der Waals surface area contributed by atoms with Crippen molar-refractivity contribution in [1.82, 2.24) is 0 Å². The van der Waals surface area contributed by atoms with Crippen molar-refractivity contribution in [2.75, 3.05) is 0 Å². The fourth-order valence-electron chi connectivity index (χ4n) is 1.58. The van der Waals surface area contributed by atoms with Crippen LogP contribution < -0.4 is 0 Å². The van der Waals surface area contributed by atoms with Crippen LogP contribution in [0.5, 0.6) is 0 Å². The van der Waals surface area contributed by atoms with Gasteiger partial charge in [-0.15, -0.1) is 0 Å². The lowest BCUT2D eigenvalue weighted by atomic mass is 9.96. The maximum absolute atomic E-state index is 11.2. The molecule has 0 N–H and O–H groups in total. The molecule has 0 aromatic carbocycles. The van der Waals surface area contributed by atoms with E-state index in [4.69, 9.17) is 16.3 Å². The lowest BCUT2D eigenvalue weighted by Crippen LogP contribution is -2.07. The van der Waals surface area contributed by atoms with E-state index in [1.807, 2.05) is 0 Å². The molecule has 60 valence electrons. The summed E-state index contributed by atoms with van der Waals surface area (Å²) in [6, 6.07) is 0. The maximum Gasteiger partial charge on any atom is 0.176 e. The number of carbonyl (C=O) groups excluding carboxylic acids is 1. The molecule has 1 aliphatic heterocycles. The van der Waals surface area contributed by atoms with Gasteiger partial charge in [-0.25, -0.2) is 0 Å². The summed E-state index contributed by atoms with van der Waals surface area (Å²) in [6.45, 7) is 0. The number of rotatable bonds is 0. The summed E-state index contributed by atoms with van der Waals surface area (Å²) < 4.78 is 5.26. The minimum absolute atomic E-state index is 0.231. The summed E-state index contributed by atoms with van der Waals surface area (Å²) in [5.41, 5.74) is 0.554. The first kappa shape index (κ1) is 7.17. The predicted octanol–water partition coefficient (Wildman–Crippen LogP) is 1.98. The van der Waals surface area contributed by atoms with Gasteiger partial charge in [0.2, 0.25) is 0 Å². The molecule has 1 unspecified atom stereocenters. The second-order valence-corrected chi connectivity index (χ2v) is 3.40. The van der Waals surface area contributed by atoms with Crippen LogP contribution in [0.2, 0.25) is 0 Å². The van der Waals surface area contributed by atoms with Gasteiger partial charge in [0, 0.05) is 24.8 Å². The van der Waals surface area contributed by atoms with Crippen molar-refractivity contribution in [2.24, 2.45) is 0 Å². The van der Waals surface area contributed by atoms with Gasteiger partial charge in [0.25, 0.3) is 0 Å². The summed E-state index contributed by atoms with van der Waals surface area (Å²) in [4.78, 5) is 11.2. The molecule has 11 heavy (non-hydrogen) atoms. The summed E-state index contributed by atoms with van der Waals surface area (Å²) in [5, 5.41) is 0. The highest BCUT2D eigenvalue weighted by molar-refractivity contribution is 6.20. The first-order valence-electron chi connectivity index (χ1n) is 3.83. The summed E-state index contributed by atoms with van der Waals surface area (Å²) in [6.07, 6.45) is 3.09. The van der Waals surface area contributed by atoms with Crippen LogP contribution >= 0.6 is 11.6 Å². The molecule has 0 radical (unpaired) electrons. The summed E-state index contributed by atoms with van der Waals surface area (Å²) in [5.74, 6) is 1.08. The Bertz CT molecular complexity index is 232. The van der Waals surface area contributed by atoms with Gasteiger partial charge in [0.1, 0.15) is 5.76 Å². The van der Waals surface area contributed by atoms with Crippen LogP contribution in [0.3, 0.4) is 0 Å². The fraction of sp³-hybridized carbons (Fsp3) is 0.625. The normalized spacial score (nSPS) is 30.3.